The molecule has 5 heterocycles. The zero-order chi connectivity index (χ0) is 25.4. The summed E-state index contributed by atoms with van der Waals surface area (Å²) in [4.78, 5) is 18.4. The van der Waals surface area contributed by atoms with Gasteiger partial charge in [-0.05, 0) is 49.7 Å². The first kappa shape index (κ1) is 22.8. The topological polar surface area (TPSA) is 86.3 Å². The Morgan fingerprint density at radius 3 is 2.11 bits per heavy atom. The number of ether oxygens (including phenoxy) is 1. The van der Waals surface area contributed by atoms with Crippen LogP contribution in [0.25, 0.3) is 22.3 Å². The van der Waals surface area contributed by atoms with Crippen molar-refractivity contribution < 1.29 is 4.74 Å². The summed E-state index contributed by atoms with van der Waals surface area (Å²) in [5.74, 6) is 13.9. The second kappa shape index (κ2) is 9.13. The van der Waals surface area contributed by atoms with Crippen molar-refractivity contribution in [3.05, 3.63) is 89.6 Å². The highest BCUT2D eigenvalue weighted by Gasteiger charge is 2.46. The molecule has 1 spiro atoms. The van der Waals surface area contributed by atoms with E-state index in [0.29, 0.717) is 16.8 Å². The molecule has 1 atom stereocenters. The lowest BCUT2D eigenvalue weighted by Gasteiger charge is -2.34. The van der Waals surface area contributed by atoms with E-state index in [4.69, 9.17) is 20.4 Å². The Morgan fingerprint density at radius 1 is 0.811 bits per heavy atom. The summed E-state index contributed by atoms with van der Waals surface area (Å²) in [6.07, 6.45) is 8.97. The number of thioether (sulfide) groups is 1. The molecule has 0 unspecified atom stereocenters. The summed E-state index contributed by atoms with van der Waals surface area (Å²) in [6.45, 7) is 3.62. The number of hydrogen-bond acceptors (Lipinski definition) is 7. The number of nitrogens with two attached hydrogens (primary N) is 1. The number of aromatic nitrogens is 3. The van der Waals surface area contributed by atoms with Gasteiger partial charge >= 0.3 is 0 Å². The van der Waals surface area contributed by atoms with Gasteiger partial charge < -0.3 is 10.5 Å². The number of fused-ring (bicyclic) bond motifs is 4. The summed E-state index contributed by atoms with van der Waals surface area (Å²) in [5.41, 5.74) is 12.9. The van der Waals surface area contributed by atoms with E-state index in [2.05, 4.69) is 45.8 Å². The van der Waals surface area contributed by atoms with Gasteiger partial charge in [-0.2, -0.15) is 0 Å². The molecule has 0 aliphatic carbocycles. The van der Waals surface area contributed by atoms with Gasteiger partial charge in [-0.3, -0.25) is 9.97 Å². The summed E-state index contributed by atoms with van der Waals surface area (Å²) < 4.78 is 6.30. The summed E-state index contributed by atoms with van der Waals surface area (Å²) in [7, 11) is 0. The van der Waals surface area contributed by atoms with Crippen molar-refractivity contribution >= 4 is 16.9 Å². The van der Waals surface area contributed by atoms with Crippen LogP contribution in [-0.4, -0.2) is 25.9 Å². The van der Waals surface area contributed by atoms with Gasteiger partial charge in [-0.15, -0.1) is 11.8 Å². The predicted octanol–water partition coefficient (Wildman–Crippen LogP) is 5.36. The van der Waals surface area contributed by atoms with Crippen molar-refractivity contribution in [1.82, 2.24) is 15.0 Å². The Labute approximate surface area is 219 Å². The maximum atomic E-state index is 6.30. The lowest BCUT2D eigenvalue weighted by atomic mass is 9.81. The molecular weight excluding hydrogens is 478 g/mol. The highest BCUT2D eigenvalue weighted by molar-refractivity contribution is 8.14. The molecule has 37 heavy (non-hydrogen) atoms. The van der Waals surface area contributed by atoms with E-state index in [-0.39, 0.29) is 0 Å². The molecule has 0 fully saturated rings. The van der Waals surface area contributed by atoms with Gasteiger partial charge in [0.2, 0.25) is 5.88 Å². The smallest absolute Gasteiger partial charge is 0.225 e. The van der Waals surface area contributed by atoms with Crippen molar-refractivity contribution in [2.45, 2.75) is 19.4 Å². The van der Waals surface area contributed by atoms with E-state index in [1.165, 1.54) is 11.8 Å². The van der Waals surface area contributed by atoms with Gasteiger partial charge in [0.15, 0.2) is 5.17 Å². The van der Waals surface area contributed by atoms with Crippen LogP contribution >= 0.6 is 11.8 Å². The molecule has 2 aliphatic heterocycles. The highest BCUT2D eigenvalue weighted by Crippen LogP contribution is 2.53. The first-order valence-electron chi connectivity index (χ1n) is 11.7. The minimum absolute atomic E-state index is 0.530. The Balaban J connectivity index is 1.51. The van der Waals surface area contributed by atoms with Gasteiger partial charge in [0, 0.05) is 75.7 Å². The van der Waals surface area contributed by atoms with Gasteiger partial charge in [0.25, 0.3) is 0 Å². The van der Waals surface area contributed by atoms with Crippen molar-refractivity contribution in [2.24, 2.45) is 10.7 Å². The van der Waals surface area contributed by atoms with E-state index >= 15 is 0 Å². The molecule has 0 bridgehead atoms. The molecule has 6 nitrogen and oxygen atoms in total. The molecule has 0 amide bonds. The Morgan fingerprint density at radius 2 is 1.46 bits per heavy atom. The number of nitrogens with zero attached hydrogens (tertiary/aromatic N) is 4. The minimum atomic E-state index is -0.723. The van der Waals surface area contributed by atoms with Crippen LogP contribution < -0.4 is 10.5 Å². The lowest BCUT2D eigenvalue weighted by molar-refractivity contribution is 0.400. The third kappa shape index (κ3) is 4.00. The number of amidine groups is 1. The number of benzene rings is 1. The maximum absolute atomic E-state index is 6.30. The fraction of sp³-hybridized carbons (Fsp3) is 0.133. The molecule has 0 radical (unpaired) electrons. The molecule has 7 heteroatoms. The third-order valence-corrected chi connectivity index (χ3v) is 7.29. The normalized spacial score (nSPS) is 16.9. The molecule has 178 valence electrons. The fourth-order valence-electron chi connectivity index (χ4n) is 4.69. The molecule has 4 aromatic rings. The lowest BCUT2D eigenvalue weighted by Crippen LogP contribution is -2.30. The van der Waals surface area contributed by atoms with Crippen LogP contribution in [0.5, 0.6) is 11.6 Å². The fourth-order valence-corrected chi connectivity index (χ4v) is 5.64. The van der Waals surface area contributed by atoms with Gasteiger partial charge in [0.05, 0.1) is 0 Å². The third-order valence-electron chi connectivity index (χ3n) is 6.34. The average molecular weight is 500 g/mol. The van der Waals surface area contributed by atoms with Crippen LogP contribution in [0.2, 0.25) is 0 Å². The number of pyridine rings is 3. The zero-order valence-electron chi connectivity index (χ0n) is 20.2. The Hall–Kier alpha value is -4.59. The van der Waals surface area contributed by atoms with Crippen molar-refractivity contribution in [3.63, 3.8) is 0 Å². The average Bonchev–Trinajstić information content (AvgIpc) is 3.31. The van der Waals surface area contributed by atoms with Crippen molar-refractivity contribution in [3.8, 4) is 57.6 Å². The van der Waals surface area contributed by atoms with Crippen LogP contribution in [-0.2, 0) is 5.54 Å². The second-order valence-corrected chi connectivity index (χ2v) is 9.66. The zero-order valence-corrected chi connectivity index (χ0v) is 21.1. The number of aliphatic imine (C=N–C) groups is 1. The minimum Gasteiger partial charge on any atom is -0.438 e. The van der Waals surface area contributed by atoms with E-state index in [1.54, 1.807) is 18.6 Å². The summed E-state index contributed by atoms with van der Waals surface area (Å²) in [6, 6.07) is 12.2. The SMILES string of the molecule is CC#Cc1cncc(-c2ccc3c(c2)[C@@]2(CSC(N)=N2)c2cc(-c4cncc(C#CC)c4)cnc2O3)c1. The quantitative estimate of drug-likeness (QED) is 0.374. The van der Waals surface area contributed by atoms with Crippen LogP contribution in [0.4, 0.5) is 0 Å². The van der Waals surface area contributed by atoms with E-state index in [1.807, 2.05) is 50.5 Å². The van der Waals surface area contributed by atoms with E-state index in [9.17, 15) is 0 Å². The summed E-state index contributed by atoms with van der Waals surface area (Å²) >= 11 is 1.53. The van der Waals surface area contributed by atoms with Gasteiger partial charge in [0.1, 0.15) is 11.3 Å². The second-order valence-electron chi connectivity index (χ2n) is 8.66. The van der Waals surface area contributed by atoms with Crippen molar-refractivity contribution in [2.75, 3.05) is 5.75 Å². The molecule has 0 saturated heterocycles. The van der Waals surface area contributed by atoms with E-state index in [0.717, 1.165) is 50.3 Å². The standard InChI is InChI=1S/C30H21N5OS/c1-3-5-19-9-22(15-32-13-19)21-7-8-27-25(11-21)30(18-37-29(31)35-30)26-12-24(17-34-28(26)36-27)23-10-20(6-4-2)14-33-16-23/h7-17H,18H2,1-2H3,(H2,31,35)/t30-/m0/s1. The molecule has 6 rings (SSSR count). The maximum Gasteiger partial charge on any atom is 0.225 e. The summed E-state index contributed by atoms with van der Waals surface area (Å²) in [5, 5.41) is 0.540. The van der Waals surface area contributed by atoms with E-state index < -0.39 is 5.54 Å². The van der Waals surface area contributed by atoms with Gasteiger partial charge in [-0.25, -0.2) is 9.98 Å². The largest absolute Gasteiger partial charge is 0.438 e. The van der Waals surface area contributed by atoms with Crippen LogP contribution in [0.15, 0.2) is 72.4 Å². The van der Waals surface area contributed by atoms with Crippen molar-refractivity contribution in [1.29, 1.82) is 0 Å². The Kier molecular flexibility index (Phi) is 5.64. The predicted molar refractivity (Wildman–Crippen MR) is 147 cm³/mol. The number of hydrogen-bond donors (Lipinski definition) is 1. The highest BCUT2D eigenvalue weighted by atomic mass is 32.2. The molecular formula is C30H21N5OS. The first-order chi connectivity index (χ1) is 18.1. The Bertz CT molecular complexity index is 1610. The number of rotatable bonds is 2. The molecule has 2 aliphatic rings. The van der Waals surface area contributed by atoms with Crippen LogP contribution in [0.3, 0.4) is 0 Å². The molecule has 2 N–H and O–H groups in total. The first-order valence-corrected chi connectivity index (χ1v) is 12.7. The molecule has 3 aromatic heterocycles. The van der Waals surface area contributed by atoms with Crippen LogP contribution in [0, 0.1) is 23.7 Å². The van der Waals surface area contributed by atoms with Crippen LogP contribution in [0.1, 0.15) is 36.1 Å². The molecule has 1 aromatic carbocycles. The monoisotopic (exact) mass is 499 g/mol. The van der Waals surface area contributed by atoms with Gasteiger partial charge in [-0.1, -0.05) is 29.7 Å². The molecule has 0 saturated carbocycles.